The lowest BCUT2D eigenvalue weighted by atomic mass is 10.3. The molecule has 0 amide bonds. The average Bonchev–Trinajstić information content (AvgIpc) is 2.81. The molecule has 1 aromatic rings. The smallest absolute Gasteiger partial charge is 0.0589 e. The van der Waals surface area contributed by atoms with Crippen LogP contribution in [-0.4, -0.2) is 35.6 Å². The second-order valence-corrected chi connectivity index (χ2v) is 5.19. The van der Waals surface area contributed by atoms with Gasteiger partial charge in [-0.25, -0.2) is 0 Å². The molecule has 1 unspecified atom stereocenters. The maximum absolute atomic E-state index is 5.80. The Labute approximate surface area is 108 Å². The van der Waals surface area contributed by atoms with E-state index in [1.807, 2.05) is 12.1 Å². The van der Waals surface area contributed by atoms with Crippen molar-refractivity contribution in [1.29, 1.82) is 0 Å². The fourth-order valence-corrected chi connectivity index (χ4v) is 2.32. The Morgan fingerprint density at radius 3 is 2.82 bits per heavy atom. The predicted octanol–water partition coefficient (Wildman–Crippen LogP) is 2.31. The summed E-state index contributed by atoms with van der Waals surface area (Å²) in [6.45, 7) is 6.68. The molecule has 94 valence electrons. The molecule has 4 heteroatoms. The van der Waals surface area contributed by atoms with E-state index >= 15 is 0 Å². The van der Waals surface area contributed by atoms with Crippen LogP contribution in [0, 0.1) is 0 Å². The van der Waals surface area contributed by atoms with Gasteiger partial charge in [-0.1, -0.05) is 11.6 Å². The van der Waals surface area contributed by atoms with E-state index in [2.05, 4.69) is 22.1 Å². The lowest BCUT2D eigenvalue weighted by molar-refractivity contribution is 0.298. The van der Waals surface area contributed by atoms with Crippen LogP contribution >= 0.6 is 11.6 Å². The zero-order chi connectivity index (χ0) is 12.1. The fourth-order valence-electron chi connectivity index (χ4n) is 2.21. The number of nitrogens with one attached hydrogen (secondary N) is 1. The number of halogens is 1. The van der Waals surface area contributed by atoms with E-state index in [0.29, 0.717) is 11.1 Å². The van der Waals surface area contributed by atoms with E-state index in [4.69, 9.17) is 11.6 Å². The summed E-state index contributed by atoms with van der Waals surface area (Å²) < 4.78 is 0. The molecular formula is C13H20ClN3. The van der Waals surface area contributed by atoms with E-state index in [1.165, 1.54) is 25.9 Å². The van der Waals surface area contributed by atoms with Crippen molar-refractivity contribution in [2.24, 2.45) is 0 Å². The first-order valence-corrected chi connectivity index (χ1v) is 6.68. The summed E-state index contributed by atoms with van der Waals surface area (Å²) in [5.41, 5.74) is 1.04. The van der Waals surface area contributed by atoms with Gasteiger partial charge in [-0.15, -0.1) is 0 Å². The zero-order valence-electron chi connectivity index (χ0n) is 10.3. The highest BCUT2D eigenvalue weighted by Crippen LogP contribution is 2.08. The predicted molar refractivity (Wildman–Crippen MR) is 71.2 cm³/mol. The minimum atomic E-state index is 0.505. The average molecular weight is 254 g/mol. The van der Waals surface area contributed by atoms with Crippen molar-refractivity contribution >= 4 is 11.6 Å². The molecule has 1 aliphatic rings. The van der Waals surface area contributed by atoms with Gasteiger partial charge in [0, 0.05) is 25.3 Å². The summed E-state index contributed by atoms with van der Waals surface area (Å²) >= 11 is 5.80. The van der Waals surface area contributed by atoms with Gasteiger partial charge in [-0.3, -0.25) is 4.98 Å². The molecule has 1 aromatic heterocycles. The van der Waals surface area contributed by atoms with Gasteiger partial charge in [0.2, 0.25) is 0 Å². The van der Waals surface area contributed by atoms with Gasteiger partial charge < -0.3 is 10.2 Å². The monoisotopic (exact) mass is 253 g/mol. The van der Waals surface area contributed by atoms with Gasteiger partial charge in [-0.2, -0.15) is 0 Å². The van der Waals surface area contributed by atoms with Gasteiger partial charge in [0.25, 0.3) is 0 Å². The number of rotatable bonds is 5. The molecule has 1 N–H and O–H groups in total. The van der Waals surface area contributed by atoms with Crippen molar-refractivity contribution in [2.45, 2.75) is 32.4 Å². The Morgan fingerprint density at radius 1 is 1.41 bits per heavy atom. The van der Waals surface area contributed by atoms with Crippen molar-refractivity contribution in [3.8, 4) is 0 Å². The lowest BCUT2D eigenvalue weighted by Gasteiger charge is -2.21. The minimum Gasteiger partial charge on any atom is -0.307 e. The molecule has 3 nitrogen and oxygen atoms in total. The Hall–Kier alpha value is -0.640. The first-order chi connectivity index (χ1) is 8.24. The SMILES string of the molecule is CC(CN1CCCC1)NCc1ccc(Cl)cn1. The van der Waals surface area contributed by atoms with Crippen molar-refractivity contribution in [3.05, 3.63) is 29.0 Å². The molecule has 17 heavy (non-hydrogen) atoms. The van der Waals surface area contributed by atoms with Crippen LogP contribution in [0.3, 0.4) is 0 Å². The van der Waals surface area contributed by atoms with Crippen LogP contribution in [0.5, 0.6) is 0 Å². The van der Waals surface area contributed by atoms with Crippen LogP contribution in [0.4, 0.5) is 0 Å². The largest absolute Gasteiger partial charge is 0.307 e. The molecule has 0 bridgehead atoms. The van der Waals surface area contributed by atoms with Crippen molar-refractivity contribution in [2.75, 3.05) is 19.6 Å². The molecule has 1 saturated heterocycles. The van der Waals surface area contributed by atoms with E-state index in [9.17, 15) is 0 Å². The van der Waals surface area contributed by atoms with E-state index in [0.717, 1.165) is 18.8 Å². The summed E-state index contributed by atoms with van der Waals surface area (Å²) in [5, 5.41) is 4.19. The van der Waals surface area contributed by atoms with E-state index in [-0.39, 0.29) is 0 Å². The molecule has 0 saturated carbocycles. The topological polar surface area (TPSA) is 28.2 Å². The highest BCUT2D eigenvalue weighted by molar-refractivity contribution is 6.30. The van der Waals surface area contributed by atoms with Gasteiger partial charge in [-0.05, 0) is 45.0 Å². The second-order valence-electron chi connectivity index (χ2n) is 4.76. The number of hydrogen-bond acceptors (Lipinski definition) is 3. The van der Waals surface area contributed by atoms with Crippen LogP contribution < -0.4 is 5.32 Å². The number of hydrogen-bond donors (Lipinski definition) is 1. The molecule has 0 aromatic carbocycles. The molecule has 2 heterocycles. The maximum Gasteiger partial charge on any atom is 0.0589 e. The summed E-state index contributed by atoms with van der Waals surface area (Å²) in [5.74, 6) is 0. The number of pyridine rings is 1. The maximum atomic E-state index is 5.80. The van der Waals surface area contributed by atoms with E-state index in [1.54, 1.807) is 6.20 Å². The lowest BCUT2D eigenvalue weighted by Crippen LogP contribution is -2.37. The first-order valence-electron chi connectivity index (χ1n) is 6.30. The highest BCUT2D eigenvalue weighted by Gasteiger charge is 2.14. The molecule has 0 radical (unpaired) electrons. The Kier molecular flexibility index (Phi) is 4.77. The van der Waals surface area contributed by atoms with Crippen molar-refractivity contribution < 1.29 is 0 Å². The Balaban J connectivity index is 1.71. The highest BCUT2D eigenvalue weighted by atomic mass is 35.5. The summed E-state index contributed by atoms with van der Waals surface area (Å²) in [7, 11) is 0. The van der Waals surface area contributed by atoms with Crippen LogP contribution in [0.1, 0.15) is 25.5 Å². The van der Waals surface area contributed by atoms with E-state index < -0.39 is 0 Å². The normalized spacial score (nSPS) is 18.5. The van der Waals surface area contributed by atoms with Crippen LogP contribution in [0.15, 0.2) is 18.3 Å². The molecular weight excluding hydrogens is 234 g/mol. The molecule has 1 atom stereocenters. The summed E-state index contributed by atoms with van der Waals surface area (Å²) in [4.78, 5) is 6.79. The molecule has 0 aliphatic carbocycles. The number of nitrogens with zero attached hydrogens (tertiary/aromatic N) is 2. The second kappa shape index (κ2) is 6.34. The zero-order valence-corrected chi connectivity index (χ0v) is 11.1. The van der Waals surface area contributed by atoms with Crippen molar-refractivity contribution in [3.63, 3.8) is 0 Å². The van der Waals surface area contributed by atoms with Crippen molar-refractivity contribution in [1.82, 2.24) is 15.2 Å². The molecule has 2 rings (SSSR count). The van der Waals surface area contributed by atoms with Gasteiger partial charge in [0.15, 0.2) is 0 Å². The summed E-state index contributed by atoms with van der Waals surface area (Å²) in [6, 6.07) is 4.36. The third kappa shape index (κ3) is 4.26. The number of likely N-dealkylation sites (tertiary alicyclic amines) is 1. The number of aromatic nitrogens is 1. The van der Waals surface area contributed by atoms with Gasteiger partial charge in [0.05, 0.1) is 10.7 Å². The standard InChI is InChI=1S/C13H20ClN3/c1-11(10-17-6-2-3-7-17)15-9-13-5-4-12(14)8-16-13/h4-5,8,11,15H,2-3,6-7,9-10H2,1H3. The molecule has 1 fully saturated rings. The first kappa shape index (κ1) is 12.8. The molecule has 0 spiro atoms. The van der Waals surface area contributed by atoms with Crippen LogP contribution in [0.25, 0.3) is 0 Å². The quantitative estimate of drug-likeness (QED) is 0.873. The summed E-state index contributed by atoms with van der Waals surface area (Å²) in [6.07, 6.45) is 4.40. The van der Waals surface area contributed by atoms with Crippen LogP contribution in [-0.2, 0) is 6.54 Å². The van der Waals surface area contributed by atoms with Crippen LogP contribution in [0.2, 0.25) is 5.02 Å². The minimum absolute atomic E-state index is 0.505. The third-order valence-corrected chi connectivity index (χ3v) is 3.37. The van der Waals surface area contributed by atoms with Gasteiger partial charge in [0.1, 0.15) is 0 Å². The fraction of sp³-hybridized carbons (Fsp3) is 0.615. The Morgan fingerprint density at radius 2 is 2.18 bits per heavy atom. The molecule has 1 aliphatic heterocycles. The van der Waals surface area contributed by atoms with Gasteiger partial charge >= 0.3 is 0 Å². The third-order valence-electron chi connectivity index (χ3n) is 3.15. The Bertz CT molecular complexity index is 333.